The first-order valence-electron chi connectivity index (χ1n) is 7.68. The molecule has 120 valence electrons. The Morgan fingerprint density at radius 3 is 2.61 bits per heavy atom. The normalized spacial score (nSPS) is 21.2. The molecule has 6 nitrogen and oxygen atoms in total. The summed E-state index contributed by atoms with van der Waals surface area (Å²) in [5.41, 5.74) is 1.41. The third-order valence-electron chi connectivity index (χ3n) is 4.33. The van der Waals surface area contributed by atoms with Gasteiger partial charge in [0.25, 0.3) is 5.91 Å². The molecule has 2 atom stereocenters. The third-order valence-corrected chi connectivity index (χ3v) is 4.33. The van der Waals surface area contributed by atoms with Gasteiger partial charge in [-0.25, -0.2) is 9.78 Å². The van der Waals surface area contributed by atoms with Gasteiger partial charge in [-0.2, -0.15) is 0 Å². The van der Waals surface area contributed by atoms with Crippen molar-refractivity contribution in [2.75, 3.05) is 6.54 Å². The summed E-state index contributed by atoms with van der Waals surface area (Å²) in [5.74, 6) is -0.829. The summed E-state index contributed by atoms with van der Waals surface area (Å²) in [7, 11) is 0. The maximum absolute atomic E-state index is 12.7. The number of piperidine rings is 1. The van der Waals surface area contributed by atoms with Gasteiger partial charge < -0.3 is 14.6 Å². The minimum atomic E-state index is -0.931. The monoisotopic (exact) mass is 313 g/mol. The second-order valence-electron chi connectivity index (χ2n) is 6.00. The Bertz CT molecular complexity index is 694. The first-order chi connectivity index (χ1) is 11.1. The van der Waals surface area contributed by atoms with Crippen LogP contribution >= 0.6 is 0 Å². The van der Waals surface area contributed by atoms with Crippen molar-refractivity contribution in [3.05, 3.63) is 48.5 Å². The van der Waals surface area contributed by atoms with Gasteiger partial charge in [0.15, 0.2) is 0 Å². The maximum atomic E-state index is 12.7. The smallest absolute Gasteiger partial charge is 0.326 e. The number of carbonyl (C=O) groups excluding carboxylic acids is 1. The van der Waals surface area contributed by atoms with Gasteiger partial charge in [-0.1, -0.05) is 6.92 Å². The minimum absolute atomic E-state index is 0.221. The van der Waals surface area contributed by atoms with Gasteiger partial charge in [-0.3, -0.25) is 4.79 Å². The molecule has 0 radical (unpaired) electrons. The zero-order valence-corrected chi connectivity index (χ0v) is 12.9. The fraction of sp³-hybridized carbons (Fsp3) is 0.353. The van der Waals surface area contributed by atoms with Gasteiger partial charge in [0.1, 0.15) is 6.04 Å². The summed E-state index contributed by atoms with van der Waals surface area (Å²) in [5, 5.41) is 9.39. The van der Waals surface area contributed by atoms with Crippen LogP contribution in [0, 0.1) is 5.92 Å². The molecule has 0 spiro atoms. The first kappa shape index (κ1) is 15.3. The Labute approximate surface area is 134 Å². The lowest BCUT2D eigenvalue weighted by Crippen LogP contribution is -2.49. The zero-order valence-electron chi connectivity index (χ0n) is 12.9. The Morgan fingerprint density at radius 1 is 1.26 bits per heavy atom. The zero-order chi connectivity index (χ0) is 16.4. The number of hydrogen-bond donors (Lipinski definition) is 1. The van der Waals surface area contributed by atoms with Gasteiger partial charge in [0, 0.05) is 30.2 Å². The van der Waals surface area contributed by atoms with Crippen LogP contribution in [-0.4, -0.2) is 44.0 Å². The van der Waals surface area contributed by atoms with E-state index in [2.05, 4.69) is 4.98 Å². The standard InChI is InChI=1S/C17H19N3O3/c1-12-6-8-20(15(10-12)17(22)23)16(21)13-2-4-14(5-3-13)19-9-7-18-11-19/h2-5,7,9,11-12,15H,6,8,10H2,1H3,(H,22,23). The van der Waals surface area contributed by atoms with Gasteiger partial charge in [-0.05, 0) is 43.0 Å². The van der Waals surface area contributed by atoms with Crippen molar-refractivity contribution in [3.63, 3.8) is 0 Å². The summed E-state index contributed by atoms with van der Waals surface area (Å²) in [4.78, 5) is 29.6. The van der Waals surface area contributed by atoms with E-state index in [-0.39, 0.29) is 5.91 Å². The largest absolute Gasteiger partial charge is 0.480 e. The molecule has 0 saturated carbocycles. The number of aliphatic carboxylic acids is 1. The molecule has 23 heavy (non-hydrogen) atoms. The number of benzene rings is 1. The van der Waals surface area contributed by atoms with Gasteiger partial charge in [0.05, 0.1) is 6.33 Å². The lowest BCUT2D eigenvalue weighted by Gasteiger charge is -2.36. The maximum Gasteiger partial charge on any atom is 0.326 e. The van der Waals surface area contributed by atoms with Crippen molar-refractivity contribution in [3.8, 4) is 5.69 Å². The molecule has 2 aromatic rings. The molecule has 1 aliphatic heterocycles. The van der Waals surface area contributed by atoms with Crippen molar-refractivity contribution < 1.29 is 14.7 Å². The fourth-order valence-electron chi connectivity index (χ4n) is 2.97. The SMILES string of the molecule is CC1CCN(C(=O)c2ccc(-n3ccnc3)cc2)C(C(=O)O)C1. The second kappa shape index (κ2) is 6.24. The summed E-state index contributed by atoms with van der Waals surface area (Å²) < 4.78 is 1.84. The van der Waals surface area contributed by atoms with Crippen molar-refractivity contribution in [2.24, 2.45) is 5.92 Å². The summed E-state index contributed by atoms with van der Waals surface area (Å²) >= 11 is 0. The molecule has 1 fully saturated rings. The van der Waals surface area contributed by atoms with Gasteiger partial charge in [-0.15, -0.1) is 0 Å². The van der Waals surface area contributed by atoms with E-state index in [1.54, 1.807) is 24.7 Å². The molecule has 3 rings (SSSR count). The Kier molecular flexibility index (Phi) is 4.14. The summed E-state index contributed by atoms with van der Waals surface area (Å²) in [6.45, 7) is 2.51. The molecule has 6 heteroatoms. The van der Waals surface area contributed by atoms with Gasteiger partial charge >= 0.3 is 5.97 Å². The van der Waals surface area contributed by atoms with E-state index in [1.165, 1.54) is 4.90 Å². The lowest BCUT2D eigenvalue weighted by atomic mass is 9.92. The Hall–Kier alpha value is -2.63. The molecule has 2 heterocycles. The highest BCUT2D eigenvalue weighted by atomic mass is 16.4. The van der Waals surface area contributed by atoms with Crippen molar-refractivity contribution in [1.82, 2.24) is 14.5 Å². The number of carboxylic acid groups (broad SMARTS) is 1. The van der Waals surface area contributed by atoms with Crippen LogP contribution in [0.1, 0.15) is 30.1 Å². The molecule has 1 N–H and O–H groups in total. The number of imidazole rings is 1. The summed E-state index contributed by atoms with van der Waals surface area (Å²) in [6, 6.07) is 6.39. The van der Waals surface area contributed by atoms with Crippen LogP contribution in [0.15, 0.2) is 43.0 Å². The predicted molar refractivity (Wildman–Crippen MR) is 84.4 cm³/mol. The predicted octanol–water partition coefficient (Wildman–Crippen LogP) is 2.20. The number of aromatic nitrogens is 2. The van der Waals surface area contributed by atoms with E-state index >= 15 is 0 Å². The quantitative estimate of drug-likeness (QED) is 0.942. The van der Waals surface area contributed by atoms with E-state index in [4.69, 9.17) is 0 Å². The molecule has 1 aromatic heterocycles. The molecule has 1 aromatic carbocycles. The highest BCUT2D eigenvalue weighted by Gasteiger charge is 2.35. The number of rotatable bonds is 3. The number of nitrogens with zero attached hydrogens (tertiary/aromatic N) is 3. The van der Waals surface area contributed by atoms with Crippen molar-refractivity contribution >= 4 is 11.9 Å². The molecule has 1 amide bonds. The molecule has 1 aliphatic rings. The third kappa shape index (κ3) is 3.11. The Balaban J connectivity index is 1.80. The van der Waals surface area contributed by atoms with Gasteiger partial charge in [0.2, 0.25) is 0 Å². The molecule has 1 saturated heterocycles. The first-order valence-corrected chi connectivity index (χ1v) is 7.68. The number of hydrogen-bond acceptors (Lipinski definition) is 3. The highest BCUT2D eigenvalue weighted by Crippen LogP contribution is 2.24. The van der Waals surface area contributed by atoms with Crippen LogP contribution in [0.4, 0.5) is 0 Å². The molecule has 2 unspecified atom stereocenters. The average molecular weight is 313 g/mol. The Morgan fingerprint density at radius 2 is 2.00 bits per heavy atom. The number of amides is 1. The topological polar surface area (TPSA) is 75.4 Å². The minimum Gasteiger partial charge on any atom is -0.480 e. The van der Waals surface area contributed by atoms with E-state index < -0.39 is 12.0 Å². The fourth-order valence-corrected chi connectivity index (χ4v) is 2.97. The molecule has 0 bridgehead atoms. The van der Waals surface area contributed by atoms with E-state index in [0.29, 0.717) is 24.4 Å². The van der Waals surface area contributed by atoms with Crippen LogP contribution in [0.5, 0.6) is 0 Å². The van der Waals surface area contributed by atoms with Crippen LogP contribution in [0.25, 0.3) is 5.69 Å². The van der Waals surface area contributed by atoms with Crippen LogP contribution in [0.2, 0.25) is 0 Å². The van der Waals surface area contributed by atoms with Crippen molar-refractivity contribution in [2.45, 2.75) is 25.8 Å². The van der Waals surface area contributed by atoms with E-state index in [0.717, 1.165) is 12.1 Å². The van der Waals surface area contributed by atoms with Crippen molar-refractivity contribution in [1.29, 1.82) is 0 Å². The highest BCUT2D eigenvalue weighted by molar-refractivity contribution is 5.96. The van der Waals surface area contributed by atoms with Crippen LogP contribution in [0.3, 0.4) is 0 Å². The molecular formula is C17H19N3O3. The van der Waals surface area contributed by atoms with E-state index in [9.17, 15) is 14.7 Å². The summed E-state index contributed by atoms with van der Waals surface area (Å²) in [6.07, 6.45) is 6.54. The number of carboxylic acids is 1. The molecular weight excluding hydrogens is 294 g/mol. The average Bonchev–Trinajstić information content (AvgIpc) is 3.09. The molecule has 0 aliphatic carbocycles. The second-order valence-corrected chi connectivity index (χ2v) is 6.00. The number of carbonyl (C=O) groups is 2. The number of likely N-dealkylation sites (tertiary alicyclic amines) is 1. The van der Waals surface area contributed by atoms with E-state index in [1.807, 2.05) is 29.8 Å². The lowest BCUT2D eigenvalue weighted by molar-refractivity contribution is -0.144. The van der Waals surface area contributed by atoms with Crippen LogP contribution < -0.4 is 0 Å². The van der Waals surface area contributed by atoms with Crippen LogP contribution in [-0.2, 0) is 4.79 Å².